The average molecular weight is 386 g/mol. The minimum absolute atomic E-state index is 0.136. The van der Waals surface area contributed by atoms with E-state index in [0.717, 1.165) is 21.9 Å². The molecule has 0 radical (unpaired) electrons. The first-order chi connectivity index (χ1) is 13.1. The van der Waals surface area contributed by atoms with Gasteiger partial charge in [-0.25, -0.2) is 9.78 Å². The van der Waals surface area contributed by atoms with Gasteiger partial charge in [0, 0.05) is 38.9 Å². The van der Waals surface area contributed by atoms with Gasteiger partial charge in [-0.05, 0) is 30.6 Å². The van der Waals surface area contributed by atoms with Crippen LogP contribution in [0.3, 0.4) is 0 Å². The van der Waals surface area contributed by atoms with E-state index in [9.17, 15) is 14.4 Å². The van der Waals surface area contributed by atoms with Gasteiger partial charge in [0.05, 0.1) is 5.52 Å². The van der Waals surface area contributed by atoms with Crippen LogP contribution in [0.1, 0.15) is 16.6 Å². The number of aromatic nitrogens is 4. The molecule has 0 bridgehead atoms. The summed E-state index contributed by atoms with van der Waals surface area (Å²) in [5.41, 5.74) is -0.621. The van der Waals surface area contributed by atoms with Crippen molar-refractivity contribution in [3.8, 4) is 0 Å². The van der Waals surface area contributed by atoms with Gasteiger partial charge >= 0.3 is 5.69 Å². The summed E-state index contributed by atoms with van der Waals surface area (Å²) in [6.45, 7) is 4.36. The Morgan fingerprint density at radius 2 is 2.00 bits per heavy atom. The zero-order chi connectivity index (χ0) is 19.0. The molecule has 0 aromatic carbocycles. The van der Waals surface area contributed by atoms with Gasteiger partial charge in [0.2, 0.25) is 0 Å². The number of anilines is 1. The Bertz CT molecular complexity index is 1100. The highest BCUT2D eigenvalue weighted by Crippen LogP contribution is 2.21. The SMILES string of the molecule is CCn1c(=O)[nH]c2c(C(=O)N3CCN(c4ccccn4)CC3)snc2c1=O. The molecule has 10 heteroatoms. The van der Waals surface area contributed by atoms with E-state index in [0.29, 0.717) is 31.1 Å². The lowest BCUT2D eigenvalue weighted by atomic mass is 10.2. The van der Waals surface area contributed by atoms with Crippen LogP contribution in [0.4, 0.5) is 5.82 Å². The molecule has 0 aliphatic carbocycles. The van der Waals surface area contributed by atoms with Crippen molar-refractivity contribution in [2.45, 2.75) is 13.5 Å². The first-order valence-electron chi connectivity index (χ1n) is 8.68. The number of aromatic amines is 1. The number of hydrogen-bond donors (Lipinski definition) is 1. The van der Waals surface area contributed by atoms with Crippen LogP contribution in [0.25, 0.3) is 11.0 Å². The van der Waals surface area contributed by atoms with Crippen molar-refractivity contribution in [1.29, 1.82) is 0 Å². The molecule has 27 heavy (non-hydrogen) atoms. The van der Waals surface area contributed by atoms with Gasteiger partial charge in [0.15, 0.2) is 5.52 Å². The van der Waals surface area contributed by atoms with Crippen LogP contribution >= 0.6 is 11.5 Å². The van der Waals surface area contributed by atoms with Gasteiger partial charge in [-0.1, -0.05) is 6.07 Å². The van der Waals surface area contributed by atoms with Crippen molar-refractivity contribution < 1.29 is 4.79 Å². The van der Waals surface area contributed by atoms with Crippen LogP contribution in [0, 0.1) is 0 Å². The van der Waals surface area contributed by atoms with Gasteiger partial charge in [-0.15, -0.1) is 0 Å². The molecule has 1 aliphatic heterocycles. The molecule has 0 atom stereocenters. The van der Waals surface area contributed by atoms with Crippen LogP contribution in [-0.2, 0) is 6.54 Å². The number of pyridine rings is 1. The van der Waals surface area contributed by atoms with Crippen LogP contribution in [0.5, 0.6) is 0 Å². The second kappa shape index (κ2) is 6.95. The summed E-state index contributed by atoms with van der Waals surface area (Å²) in [7, 11) is 0. The quantitative estimate of drug-likeness (QED) is 0.704. The molecule has 0 unspecified atom stereocenters. The van der Waals surface area contributed by atoms with E-state index in [1.54, 1.807) is 18.0 Å². The molecule has 1 saturated heterocycles. The molecule has 0 saturated carbocycles. The van der Waals surface area contributed by atoms with Gasteiger partial charge < -0.3 is 14.8 Å². The minimum atomic E-state index is -0.524. The lowest BCUT2D eigenvalue weighted by Crippen LogP contribution is -2.49. The largest absolute Gasteiger partial charge is 0.353 e. The van der Waals surface area contributed by atoms with E-state index in [1.807, 2.05) is 18.2 Å². The Kier molecular flexibility index (Phi) is 4.48. The van der Waals surface area contributed by atoms with Crippen LogP contribution in [0.2, 0.25) is 0 Å². The molecule has 3 aromatic heterocycles. The highest BCUT2D eigenvalue weighted by molar-refractivity contribution is 7.09. The Morgan fingerprint density at radius 3 is 2.67 bits per heavy atom. The van der Waals surface area contributed by atoms with E-state index in [1.165, 1.54) is 0 Å². The van der Waals surface area contributed by atoms with Gasteiger partial charge in [-0.2, -0.15) is 4.37 Å². The molecule has 1 N–H and O–H groups in total. The van der Waals surface area contributed by atoms with Crippen molar-refractivity contribution in [3.63, 3.8) is 0 Å². The van der Waals surface area contributed by atoms with Crippen molar-refractivity contribution in [2.24, 2.45) is 0 Å². The topological polar surface area (TPSA) is 104 Å². The van der Waals surface area contributed by atoms with Crippen LogP contribution < -0.4 is 16.1 Å². The Morgan fingerprint density at radius 1 is 1.22 bits per heavy atom. The summed E-state index contributed by atoms with van der Waals surface area (Å²) < 4.78 is 5.19. The summed E-state index contributed by atoms with van der Waals surface area (Å²) in [5, 5.41) is 0. The fraction of sp³-hybridized carbons (Fsp3) is 0.353. The summed E-state index contributed by atoms with van der Waals surface area (Å²) in [6, 6.07) is 5.74. The Labute approximate surface area is 158 Å². The predicted molar refractivity (Wildman–Crippen MR) is 103 cm³/mol. The average Bonchev–Trinajstić information content (AvgIpc) is 3.12. The Hall–Kier alpha value is -3.01. The van der Waals surface area contributed by atoms with E-state index < -0.39 is 11.2 Å². The van der Waals surface area contributed by atoms with Gasteiger partial charge in [-0.3, -0.25) is 14.2 Å². The standard InChI is InChI=1S/C17H18N6O3S/c1-2-23-15(24)13-12(19-17(23)26)14(27-20-13)16(25)22-9-7-21(8-10-22)11-5-3-4-6-18-11/h3-6H,2,7-10H2,1H3,(H,19,26). The van der Waals surface area contributed by atoms with Crippen molar-refractivity contribution in [1.82, 2.24) is 23.8 Å². The molecule has 0 spiro atoms. The zero-order valence-corrected chi connectivity index (χ0v) is 15.5. The monoisotopic (exact) mass is 386 g/mol. The summed E-state index contributed by atoms with van der Waals surface area (Å²) in [6.07, 6.45) is 1.75. The number of nitrogens with one attached hydrogen (secondary N) is 1. The normalized spacial score (nSPS) is 14.7. The second-order valence-corrected chi connectivity index (χ2v) is 6.96. The molecule has 4 heterocycles. The number of carbonyl (C=O) groups is 1. The number of amides is 1. The highest BCUT2D eigenvalue weighted by Gasteiger charge is 2.27. The molecule has 1 fully saturated rings. The van der Waals surface area contributed by atoms with Crippen LogP contribution in [-0.4, -0.2) is 55.9 Å². The lowest BCUT2D eigenvalue weighted by Gasteiger charge is -2.35. The first kappa shape index (κ1) is 17.4. The zero-order valence-electron chi connectivity index (χ0n) is 14.7. The maximum absolute atomic E-state index is 12.9. The number of rotatable bonds is 3. The molecule has 1 aliphatic rings. The third kappa shape index (κ3) is 3.01. The highest BCUT2D eigenvalue weighted by atomic mass is 32.1. The fourth-order valence-electron chi connectivity index (χ4n) is 3.20. The van der Waals surface area contributed by atoms with Crippen molar-refractivity contribution in [2.75, 3.05) is 31.1 Å². The van der Waals surface area contributed by atoms with Gasteiger partial charge in [0.1, 0.15) is 10.7 Å². The number of H-pyrrole nitrogens is 1. The number of nitrogens with zero attached hydrogens (tertiary/aromatic N) is 5. The molecule has 3 aromatic rings. The van der Waals surface area contributed by atoms with E-state index >= 15 is 0 Å². The molecule has 140 valence electrons. The van der Waals surface area contributed by atoms with Crippen molar-refractivity contribution >= 4 is 34.3 Å². The fourth-order valence-corrected chi connectivity index (χ4v) is 4.00. The van der Waals surface area contributed by atoms with Crippen LogP contribution in [0.15, 0.2) is 34.0 Å². The molecular weight excluding hydrogens is 368 g/mol. The number of hydrogen-bond acceptors (Lipinski definition) is 7. The van der Waals surface area contributed by atoms with E-state index in [4.69, 9.17) is 0 Å². The summed E-state index contributed by atoms with van der Waals surface area (Å²) >= 11 is 0.953. The maximum atomic E-state index is 12.9. The van der Waals surface area contributed by atoms with E-state index in [2.05, 4.69) is 19.2 Å². The third-order valence-electron chi connectivity index (χ3n) is 4.67. The molecular formula is C17H18N6O3S. The number of carbonyl (C=O) groups excluding carboxylic acids is 1. The third-order valence-corrected chi connectivity index (χ3v) is 5.50. The molecule has 9 nitrogen and oxygen atoms in total. The molecule has 4 rings (SSSR count). The molecule has 1 amide bonds. The lowest BCUT2D eigenvalue weighted by molar-refractivity contribution is 0.0753. The summed E-state index contributed by atoms with van der Waals surface area (Å²) in [5.74, 6) is 0.671. The van der Waals surface area contributed by atoms with Gasteiger partial charge in [0.25, 0.3) is 11.5 Å². The van der Waals surface area contributed by atoms with E-state index in [-0.39, 0.29) is 23.5 Å². The van der Waals surface area contributed by atoms with Crippen molar-refractivity contribution in [3.05, 3.63) is 50.1 Å². The Balaban J connectivity index is 1.58. The number of piperazine rings is 1. The summed E-state index contributed by atoms with van der Waals surface area (Å²) in [4.78, 5) is 48.5. The smallest absolute Gasteiger partial charge is 0.328 e. The minimum Gasteiger partial charge on any atom is -0.353 e. The maximum Gasteiger partial charge on any atom is 0.328 e. The second-order valence-electron chi connectivity index (χ2n) is 6.18. The first-order valence-corrected chi connectivity index (χ1v) is 9.45. The number of fused-ring (bicyclic) bond motifs is 1. The predicted octanol–water partition coefficient (Wildman–Crippen LogP) is 0.524.